The van der Waals surface area contributed by atoms with Crippen LogP contribution in [0.25, 0.3) is 0 Å². The van der Waals surface area contributed by atoms with Crippen LogP contribution in [0.3, 0.4) is 0 Å². The van der Waals surface area contributed by atoms with Gasteiger partial charge in [0.25, 0.3) is 5.91 Å². The Kier molecular flexibility index (Phi) is 7.76. The molecule has 1 aliphatic heterocycles. The minimum Gasteiger partial charge on any atom is -0.348 e. The molecule has 6 heteroatoms. The lowest BCUT2D eigenvalue weighted by Gasteiger charge is -2.32. The van der Waals surface area contributed by atoms with Gasteiger partial charge in [-0.2, -0.15) is 0 Å². The van der Waals surface area contributed by atoms with Crippen molar-refractivity contribution in [3.63, 3.8) is 0 Å². The number of carbonyl (C=O) groups is 2. The van der Waals surface area contributed by atoms with E-state index in [2.05, 4.69) is 21.6 Å². The third-order valence-electron chi connectivity index (χ3n) is 5.90. The summed E-state index contributed by atoms with van der Waals surface area (Å²) in [5.41, 5.74) is 3.17. The van der Waals surface area contributed by atoms with E-state index in [0.29, 0.717) is 24.3 Å². The lowest BCUT2D eigenvalue weighted by molar-refractivity contribution is -0.121. The molecule has 0 aliphatic carbocycles. The van der Waals surface area contributed by atoms with Crippen LogP contribution in [0.2, 0.25) is 5.02 Å². The number of likely N-dealkylation sites (tertiary alicyclic amines) is 1. The van der Waals surface area contributed by atoms with E-state index < -0.39 is 0 Å². The Morgan fingerprint density at radius 3 is 2.52 bits per heavy atom. The number of anilines is 1. The molecule has 1 unspecified atom stereocenters. The molecule has 3 aromatic rings. The number of rotatable bonds is 7. The van der Waals surface area contributed by atoms with Crippen LogP contribution in [0.1, 0.15) is 34.3 Å². The Bertz CT molecular complexity index is 1100. The molecule has 1 heterocycles. The largest absolute Gasteiger partial charge is 0.348 e. The second-order valence-electron chi connectivity index (χ2n) is 8.41. The van der Waals surface area contributed by atoms with Crippen molar-refractivity contribution in [3.05, 3.63) is 101 Å². The van der Waals surface area contributed by atoms with Crippen molar-refractivity contribution >= 4 is 29.1 Å². The number of amides is 2. The molecule has 0 radical (unpaired) electrons. The molecule has 0 spiro atoms. The van der Waals surface area contributed by atoms with Gasteiger partial charge in [0.05, 0.1) is 17.2 Å². The van der Waals surface area contributed by atoms with Crippen LogP contribution in [-0.4, -0.2) is 29.8 Å². The standard InChI is InChI=1S/C27H28ClN3O2/c28-23-12-6-10-21(16-23)18-31-15-7-11-22(19-31)26(32)30-25-14-5-4-13-24(25)27(33)29-17-20-8-2-1-3-9-20/h1-6,8-10,12-14,16,22H,7,11,15,17-19H2,(H,29,33)(H,30,32). The fraction of sp³-hybridized carbons (Fsp3) is 0.259. The first-order valence-electron chi connectivity index (χ1n) is 11.3. The number of hydrogen-bond donors (Lipinski definition) is 2. The number of benzene rings is 3. The molecular formula is C27H28ClN3O2. The van der Waals surface area contributed by atoms with Crippen molar-refractivity contribution in [2.75, 3.05) is 18.4 Å². The van der Waals surface area contributed by atoms with Crippen LogP contribution >= 0.6 is 11.6 Å². The van der Waals surface area contributed by atoms with Gasteiger partial charge in [-0.15, -0.1) is 0 Å². The average Bonchev–Trinajstić information content (AvgIpc) is 2.84. The molecular weight excluding hydrogens is 434 g/mol. The topological polar surface area (TPSA) is 61.4 Å². The quantitative estimate of drug-likeness (QED) is 0.513. The third-order valence-corrected chi connectivity index (χ3v) is 6.13. The van der Waals surface area contributed by atoms with Crippen molar-refractivity contribution in [2.24, 2.45) is 5.92 Å². The summed E-state index contributed by atoms with van der Waals surface area (Å²) in [5, 5.41) is 6.67. The van der Waals surface area contributed by atoms with Gasteiger partial charge < -0.3 is 10.6 Å². The van der Waals surface area contributed by atoms with Gasteiger partial charge in [-0.3, -0.25) is 14.5 Å². The molecule has 2 N–H and O–H groups in total. The molecule has 0 aromatic heterocycles. The van der Waals surface area contributed by atoms with Gasteiger partial charge in [0.1, 0.15) is 0 Å². The predicted octanol–water partition coefficient (Wildman–Crippen LogP) is 5.12. The number of nitrogens with one attached hydrogen (secondary N) is 2. The molecule has 2 amide bonds. The lowest BCUT2D eigenvalue weighted by atomic mass is 9.96. The lowest BCUT2D eigenvalue weighted by Crippen LogP contribution is -2.40. The number of nitrogens with zero attached hydrogens (tertiary/aromatic N) is 1. The van der Waals surface area contributed by atoms with E-state index in [4.69, 9.17) is 11.6 Å². The number of halogens is 1. The van der Waals surface area contributed by atoms with Gasteiger partial charge in [-0.05, 0) is 54.8 Å². The molecule has 4 rings (SSSR count). The smallest absolute Gasteiger partial charge is 0.253 e. The van der Waals surface area contributed by atoms with Crippen molar-refractivity contribution in [1.29, 1.82) is 0 Å². The van der Waals surface area contributed by atoms with Crippen LogP contribution in [0.4, 0.5) is 5.69 Å². The second-order valence-corrected chi connectivity index (χ2v) is 8.84. The van der Waals surface area contributed by atoms with Gasteiger partial charge in [0.2, 0.25) is 5.91 Å². The van der Waals surface area contributed by atoms with Gasteiger partial charge in [0.15, 0.2) is 0 Å². The third kappa shape index (κ3) is 6.44. The molecule has 1 atom stereocenters. The molecule has 170 valence electrons. The summed E-state index contributed by atoms with van der Waals surface area (Å²) in [7, 11) is 0. The maximum Gasteiger partial charge on any atom is 0.253 e. The fourth-order valence-corrected chi connectivity index (χ4v) is 4.42. The maximum atomic E-state index is 13.1. The summed E-state index contributed by atoms with van der Waals surface area (Å²) in [6, 6.07) is 24.7. The summed E-state index contributed by atoms with van der Waals surface area (Å²) in [5.74, 6) is -0.381. The molecule has 0 bridgehead atoms. The van der Waals surface area contributed by atoms with Gasteiger partial charge in [-0.1, -0.05) is 66.2 Å². The highest BCUT2D eigenvalue weighted by Gasteiger charge is 2.26. The Balaban J connectivity index is 1.37. The zero-order valence-corrected chi connectivity index (χ0v) is 19.2. The fourth-order valence-electron chi connectivity index (χ4n) is 4.21. The van der Waals surface area contributed by atoms with Crippen molar-refractivity contribution in [3.8, 4) is 0 Å². The zero-order chi connectivity index (χ0) is 23.0. The number of carbonyl (C=O) groups excluding carboxylic acids is 2. The van der Waals surface area contributed by atoms with E-state index >= 15 is 0 Å². The van der Waals surface area contributed by atoms with E-state index in [1.807, 2.05) is 54.6 Å². The maximum absolute atomic E-state index is 13.1. The van der Waals surface area contributed by atoms with Gasteiger partial charge in [-0.25, -0.2) is 0 Å². The summed E-state index contributed by atoms with van der Waals surface area (Å²) in [6.07, 6.45) is 1.79. The molecule has 33 heavy (non-hydrogen) atoms. The van der Waals surface area contributed by atoms with Gasteiger partial charge >= 0.3 is 0 Å². The highest BCUT2D eigenvalue weighted by molar-refractivity contribution is 6.30. The minimum absolute atomic E-state index is 0.0471. The Labute approximate surface area is 199 Å². The summed E-state index contributed by atoms with van der Waals surface area (Å²) in [6.45, 7) is 2.83. The second kappa shape index (κ2) is 11.1. The first kappa shape index (κ1) is 23.0. The molecule has 3 aromatic carbocycles. The number of hydrogen-bond acceptors (Lipinski definition) is 3. The molecule has 1 saturated heterocycles. The van der Waals surface area contributed by atoms with Crippen molar-refractivity contribution in [2.45, 2.75) is 25.9 Å². The Morgan fingerprint density at radius 2 is 1.70 bits per heavy atom. The highest BCUT2D eigenvalue weighted by Crippen LogP contribution is 2.23. The molecule has 0 saturated carbocycles. The molecule has 1 fully saturated rings. The zero-order valence-electron chi connectivity index (χ0n) is 18.5. The van der Waals surface area contributed by atoms with E-state index in [9.17, 15) is 9.59 Å². The Morgan fingerprint density at radius 1 is 0.939 bits per heavy atom. The van der Waals surface area contributed by atoms with E-state index in [1.165, 1.54) is 0 Å². The predicted molar refractivity (Wildman–Crippen MR) is 132 cm³/mol. The first-order chi connectivity index (χ1) is 16.1. The Hall–Kier alpha value is -3.15. The summed E-state index contributed by atoms with van der Waals surface area (Å²) in [4.78, 5) is 28.2. The normalized spacial score (nSPS) is 16.2. The average molecular weight is 462 g/mol. The minimum atomic E-state index is -0.207. The van der Waals surface area contributed by atoms with Crippen molar-refractivity contribution < 1.29 is 9.59 Å². The summed E-state index contributed by atoms with van der Waals surface area (Å²) < 4.78 is 0. The number of para-hydroxylation sites is 1. The van der Waals surface area contributed by atoms with E-state index in [-0.39, 0.29) is 17.7 Å². The van der Waals surface area contributed by atoms with Crippen LogP contribution in [0, 0.1) is 5.92 Å². The first-order valence-corrected chi connectivity index (χ1v) is 11.6. The van der Waals surface area contributed by atoms with Crippen LogP contribution in [-0.2, 0) is 17.9 Å². The highest BCUT2D eigenvalue weighted by atomic mass is 35.5. The summed E-state index contributed by atoms with van der Waals surface area (Å²) >= 11 is 6.11. The number of piperidine rings is 1. The van der Waals surface area contributed by atoms with Crippen molar-refractivity contribution in [1.82, 2.24) is 10.2 Å². The van der Waals surface area contributed by atoms with Crippen LogP contribution in [0.5, 0.6) is 0 Å². The molecule has 1 aliphatic rings. The van der Waals surface area contributed by atoms with Crippen LogP contribution < -0.4 is 10.6 Å². The van der Waals surface area contributed by atoms with Crippen LogP contribution in [0.15, 0.2) is 78.9 Å². The van der Waals surface area contributed by atoms with Gasteiger partial charge in [0, 0.05) is 24.7 Å². The SMILES string of the molecule is O=C(NCc1ccccc1)c1ccccc1NC(=O)C1CCCN(Cc2cccc(Cl)c2)C1. The molecule has 5 nitrogen and oxygen atoms in total. The monoisotopic (exact) mass is 461 g/mol. The van der Waals surface area contributed by atoms with E-state index in [0.717, 1.165) is 42.1 Å². The van der Waals surface area contributed by atoms with E-state index in [1.54, 1.807) is 18.2 Å².